The van der Waals surface area contributed by atoms with E-state index in [1.54, 1.807) is 31.3 Å². The van der Waals surface area contributed by atoms with E-state index in [0.29, 0.717) is 16.6 Å². The van der Waals surface area contributed by atoms with Crippen molar-refractivity contribution in [1.29, 1.82) is 0 Å². The number of aromatic nitrogens is 6. The summed E-state index contributed by atoms with van der Waals surface area (Å²) in [6.45, 7) is -1.37. The van der Waals surface area contributed by atoms with Crippen molar-refractivity contribution >= 4 is 58.8 Å². The highest BCUT2D eigenvalue weighted by atomic mass is 31.3. The molecule has 4 heterocycles. The Bertz CT molecular complexity index is 2550. The smallest absolute Gasteiger partial charge is 0.423 e. The van der Waals surface area contributed by atoms with Crippen LogP contribution in [0.25, 0.3) is 10.9 Å². The minimum Gasteiger partial charge on any atom is -0.423 e. The molecule has 2 unspecified atom stereocenters. The van der Waals surface area contributed by atoms with Crippen molar-refractivity contribution in [2.24, 2.45) is 0 Å². The summed E-state index contributed by atoms with van der Waals surface area (Å²) in [7, 11) is -17.1. The number of benzene rings is 1. The highest BCUT2D eigenvalue weighted by Gasteiger charge is 2.43. The first kappa shape index (κ1) is 45.4. The molecule has 9 N–H and O–H groups in total. The Kier molecular flexibility index (Phi) is 14.4. The van der Waals surface area contributed by atoms with Gasteiger partial charge < -0.3 is 49.7 Å². The van der Waals surface area contributed by atoms with Gasteiger partial charge in [-0.05, 0) is 11.5 Å². The Hall–Kier alpha value is -4.74. The topological polar surface area (TPSA) is 378 Å². The molecule has 1 aromatic carbocycles. The second-order valence-corrected chi connectivity index (χ2v) is 17.0. The predicted octanol–water partition coefficient (Wildman–Crippen LogP) is -3.28. The van der Waals surface area contributed by atoms with Crippen LogP contribution in [-0.4, -0.2) is 120 Å². The molecule has 59 heavy (non-hydrogen) atoms. The van der Waals surface area contributed by atoms with Crippen molar-refractivity contribution in [3.63, 3.8) is 0 Å². The summed E-state index contributed by atoms with van der Waals surface area (Å²) >= 11 is 0. The Labute approximate surface area is 331 Å². The molecule has 0 saturated carbocycles. The van der Waals surface area contributed by atoms with Gasteiger partial charge in [-0.1, -0.05) is 41.3 Å². The number of nitrogens with one attached hydrogen (secondary N) is 2. The molecule has 26 nitrogen and oxygen atoms in total. The second kappa shape index (κ2) is 18.7. The number of ether oxygens (including phenoxy) is 1. The fourth-order valence-electron chi connectivity index (χ4n) is 5.40. The predicted molar refractivity (Wildman–Crippen MR) is 197 cm³/mol. The third kappa shape index (κ3) is 12.9. The maximum absolute atomic E-state index is 12.9. The molecule has 1 saturated heterocycles. The van der Waals surface area contributed by atoms with Gasteiger partial charge in [0.25, 0.3) is 5.56 Å². The molecule has 1 fully saturated rings. The summed E-state index contributed by atoms with van der Waals surface area (Å²) in [4.78, 5) is 94.4. The maximum atomic E-state index is 12.9. The fourth-order valence-corrected chi connectivity index (χ4v) is 8.43. The van der Waals surface area contributed by atoms with Gasteiger partial charge in [-0.15, -0.1) is 5.10 Å². The van der Waals surface area contributed by atoms with Crippen LogP contribution in [0.1, 0.15) is 29.6 Å². The number of carbonyl (C=O) groups excluding carboxylic acids is 2. The lowest BCUT2D eigenvalue weighted by Gasteiger charge is -2.19. The Balaban J connectivity index is 1.10. The van der Waals surface area contributed by atoms with Gasteiger partial charge in [0, 0.05) is 31.3 Å². The molecular weight excluding hydrogens is 852 g/mol. The lowest BCUT2D eigenvalue weighted by Crippen LogP contribution is -2.34. The number of aromatic amines is 1. The van der Waals surface area contributed by atoms with Crippen LogP contribution in [0.2, 0.25) is 0 Å². The second-order valence-electron chi connectivity index (χ2n) is 12.5. The van der Waals surface area contributed by atoms with Gasteiger partial charge >= 0.3 is 36.3 Å². The number of fused-ring (bicyclic) bond motifs is 1. The monoisotopic (exact) mass is 886 g/mol. The summed E-state index contributed by atoms with van der Waals surface area (Å²) in [5.41, 5.74) is -0.835. The van der Waals surface area contributed by atoms with E-state index in [2.05, 4.69) is 45.6 Å². The SMILES string of the molecule is CN(Cc1ccc2cccc(B(O)O)c2n1)C(=O)Cn1cc(CC(=O)NCC#Cc2cn([C@H]3C[C@H](O)[C@@H](COP(=O)(O)OP(=O)(O)OP(=O)(O)O)O3)c(=O)[nH]c2=O)nn1. The number of phosphoric acid groups is 3. The van der Waals surface area contributed by atoms with Gasteiger partial charge in [0.15, 0.2) is 0 Å². The molecule has 0 spiro atoms. The van der Waals surface area contributed by atoms with Gasteiger partial charge in [-0.2, -0.15) is 8.62 Å². The van der Waals surface area contributed by atoms with Crippen LogP contribution in [0.15, 0.2) is 52.3 Å². The molecule has 0 radical (unpaired) electrons. The average molecular weight is 886 g/mol. The summed E-state index contributed by atoms with van der Waals surface area (Å²) in [6, 6.07) is 8.44. The maximum Gasteiger partial charge on any atom is 0.490 e. The molecule has 5 atom stereocenters. The zero-order valence-electron chi connectivity index (χ0n) is 30.2. The Morgan fingerprint density at radius 2 is 1.81 bits per heavy atom. The molecule has 4 aromatic rings. The average Bonchev–Trinajstić information content (AvgIpc) is 3.72. The molecule has 0 aliphatic carbocycles. The number of para-hydroxylation sites is 1. The van der Waals surface area contributed by atoms with E-state index in [9.17, 15) is 57.8 Å². The van der Waals surface area contributed by atoms with Crippen LogP contribution < -0.4 is 22.0 Å². The summed E-state index contributed by atoms with van der Waals surface area (Å²) in [5, 5.41) is 40.7. The van der Waals surface area contributed by atoms with E-state index < -0.39 is 72.8 Å². The highest BCUT2D eigenvalue weighted by molar-refractivity contribution is 7.66. The third-order valence-electron chi connectivity index (χ3n) is 8.03. The molecule has 0 bridgehead atoms. The quantitative estimate of drug-likeness (QED) is 0.0302. The molecule has 1 aliphatic heterocycles. The number of aliphatic hydroxyl groups is 1. The number of H-pyrrole nitrogens is 1. The largest absolute Gasteiger partial charge is 0.490 e. The number of likely N-dealkylation sites (N-methyl/N-ethyl adjacent to an activating group) is 1. The van der Waals surface area contributed by atoms with E-state index in [1.165, 1.54) is 21.8 Å². The summed E-state index contributed by atoms with van der Waals surface area (Å²) in [5.74, 6) is 4.12. The molecule has 1 aliphatic rings. The summed E-state index contributed by atoms with van der Waals surface area (Å²) in [6.07, 6.45) is -2.43. The van der Waals surface area contributed by atoms with Crippen molar-refractivity contribution in [2.75, 3.05) is 20.2 Å². The van der Waals surface area contributed by atoms with E-state index in [0.717, 1.165) is 10.8 Å². The lowest BCUT2D eigenvalue weighted by atomic mass is 9.79. The van der Waals surface area contributed by atoms with Crippen LogP contribution in [0.3, 0.4) is 0 Å². The molecule has 30 heteroatoms. The van der Waals surface area contributed by atoms with Crippen molar-refractivity contribution in [1.82, 2.24) is 39.7 Å². The number of aliphatic hydroxyl groups excluding tert-OH is 1. The van der Waals surface area contributed by atoms with Gasteiger partial charge in [-0.3, -0.25) is 33.4 Å². The van der Waals surface area contributed by atoms with Gasteiger partial charge in [0.05, 0.1) is 49.1 Å². The van der Waals surface area contributed by atoms with Crippen molar-refractivity contribution in [3.8, 4) is 11.8 Å². The van der Waals surface area contributed by atoms with E-state index in [4.69, 9.17) is 14.5 Å². The number of hydrogen-bond donors (Lipinski definition) is 9. The standard InChI is InChI=1S/C29H34BN8O18P3/c1-36(13-19-8-7-17-4-2-6-21(30(44)45)27(17)32-19)25(41)15-37-14-20(34-35-37)10-24(40)31-9-3-5-18-12-38(29(43)33-28(18)42)26-11-22(39)23(54-26)16-53-58(49,50)56-59(51,52)55-57(46,47)48/h2,4,6-8,12,14,22-23,26,39,44-45H,9-11,13,15-16H2,1H3,(H,31,40)(H,49,50)(H,51,52)(H,33,42,43)(H2,46,47,48)/t22-,23+,26+/m0/s1. The Morgan fingerprint density at radius 3 is 2.53 bits per heavy atom. The first-order valence-electron chi connectivity index (χ1n) is 16.7. The highest BCUT2D eigenvalue weighted by Crippen LogP contribution is 2.66. The van der Waals surface area contributed by atoms with Crippen LogP contribution in [0, 0.1) is 11.8 Å². The van der Waals surface area contributed by atoms with Crippen LogP contribution in [-0.2, 0) is 60.7 Å². The minimum absolute atomic E-state index is 0.104. The van der Waals surface area contributed by atoms with E-state index >= 15 is 0 Å². The van der Waals surface area contributed by atoms with Crippen LogP contribution in [0.5, 0.6) is 0 Å². The van der Waals surface area contributed by atoms with Gasteiger partial charge in [0.2, 0.25) is 11.8 Å². The molecule has 2 amide bonds. The fraction of sp³-hybridized carbons (Fsp3) is 0.345. The Morgan fingerprint density at radius 1 is 1.07 bits per heavy atom. The van der Waals surface area contributed by atoms with Crippen LogP contribution >= 0.6 is 23.5 Å². The molecule has 5 rings (SSSR count). The molecule has 316 valence electrons. The first-order valence-corrected chi connectivity index (χ1v) is 21.2. The zero-order valence-corrected chi connectivity index (χ0v) is 32.9. The van der Waals surface area contributed by atoms with Crippen molar-refractivity contribution < 1.29 is 75.9 Å². The number of hydrogen-bond acceptors (Lipinski definition) is 17. The van der Waals surface area contributed by atoms with Crippen molar-refractivity contribution in [2.45, 2.75) is 44.4 Å². The lowest BCUT2D eigenvalue weighted by molar-refractivity contribution is -0.131. The van der Waals surface area contributed by atoms with Gasteiger partial charge in [-0.25, -0.2) is 23.2 Å². The van der Waals surface area contributed by atoms with E-state index in [1.807, 2.05) is 4.98 Å². The normalized spacial score (nSPS) is 18.7. The number of nitrogens with zero attached hydrogens (tertiary/aromatic N) is 6. The minimum atomic E-state index is -5.79. The van der Waals surface area contributed by atoms with E-state index in [-0.39, 0.29) is 55.1 Å². The number of phosphoric ester groups is 1. The summed E-state index contributed by atoms with van der Waals surface area (Å²) < 4.78 is 53.6. The zero-order chi connectivity index (χ0) is 43.3. The molecular formula is C29H34BN8O18P3. The number of pyridine rings is 1. The number of rotatable bonds is 16. The van der Waals surface area contributed by atoms with Crippen molar-refractivity contribution in [3.05, 3.63) is 80.5 Å². The number of amides is 2. The third-order valence-corrected chi connectivity index (χ3v) is 11.8. The van der Waals surface area contributed by atoms with Gasteiger partial charge in [0.1, 0.15) is 24.4 Å². The molecule has 3 aromatic heterocycles. The number of carbonyl (C=O) groups is 2. The van der Waals surface area contributed by atoms with Crippen LogP contribution in [0.4, 0.5) is 0 Å². The first-order chi connectivity index (χ1) is 27.6.